The molecular formula is C16H13F3N4O4. The Morgan fingerprint density at radius 2 is 1.96 bits per heavy atom. The van der Waals surface area contributed by atoms with Crippen LogP contribution >= 0.6 is 0 Å². The Balaban J connectivity index is 2.09. The zero-order chi connectivity index (χ0) is 19.8. The maximum atomic E-state index is 12.5. The molecule has 142 valence electrons. The van der Waals surface area contributed by atoms with Crippen LogP contribution in [0.25, 0.3) is 16.7 Å². The molecule has 0 spiro atoms. The van der Waals surface area contributed by atoms with Crippen LogP contribution in [0.5, 0.6) is 5.75 Å². The van der Waals surface area contributed by atoms with Gasteiger partial charge in [0.15, 0.2) is 5.82 Å². The van der Waals surface area contributed by atoms with E-state index in [4.69, 9.17) is 10.8 Å². The van der Waals surface area contributed by atoms with E-state index in [0.717, 1.165) is 12.1 Å². The number of carboxylic acids is 1. The van der Waals surface area contributed by atoms with E-state index in [-0.39, 0.29) is 30.0 Å². The molecule has 0 saturated carbocycles. The van der Waals surface area contributed by atoms with Crippen molar-refractivity contribution in [3.05, 3.63) is 42.2 Å². The summed E-state index contributed by atoms with van der Waals surface area (Å²) in [6.07, 6.45) is -3.54. The van der Waals surface area contributed by atoms with Gasteiger partial charge >= 0.3 is 12.3 Å². The number of aliphatic carboxylic acids is 1. The molecule has 1 aromatic carbocycles. The molecule has 2 aromatic heterocycles. The number of hydrogen-bond donors (Lipinski definition) is 2. The van der Waals surface area contributed by atoms with Crippen molar-refractivity contribution in [2.24, 2.45) is 5.73 Å². The van der Waals surface area contributed by atoms with E-state index in [2.05, 4.69) is 9.84 Å². The number of carboxylic acid groups (broad SMARTS) is 1. The molecule has 0 aliphatic carbocycles. The van der Waals surface area contributed by atoms with Crippen molar-refractivity contribution in [1.82, 2.24) is 14.3 Å². The molecule has 3 rings (SSSR count). The molecule has 0 aliphatic rings. The van der Waals surface area contributed by atoms with E-state index >= 15 is 0 Å². The fraction of sp³-hybridized carbons (Fsp3) is 0.188. The molecule has 0 bridgehead atoms. The molecule has 3 N–H and O–H groups in total. The Bertz CT molecular complexity index is 1020. The van der Waals surface area contributed by atoms with Gasteiger partial charge in [0, 0.05) is 23.7 Å². The van der Waals surface area contributed by atoms with Gasteiger partial charge in [-0.25, -0.2) is 0 Å². The average Bonchev–Trinajstić information content (AvgIpc) is 3.14. The highest BCUT2D eigenvalue weighted by Crippen LogP contribution is 2.30. The third-order valence-corrected chi connectivity index (χ3v) is 3.67. The third-order valence-electron chi connectivity index (χ3n) is 3.67. The number of halogens is 3. The first-order valence-corrected chi connectivity index (χ1v) is 7.61. The molecule has 0 atom stereocenters. The van der Waals surface area contributed by atoms with Crippen LogP contribution in [0.3, 0.4) is 0 Å². The summed E-state index contributed by atoms with van der Waals surface area (Å²) < 4.78 is 44.0. The van der Waals surface area contributed by atoms with Gasteiger partial charge in [-0.1, -0.05) is 0 Å². The molecule has 0 saturated heterocycles. The van der Waals surface area contributed by atoms with Gasteiger partial charge in [-0.15, -0.1) is 13.2 Å². The summed E-state index contributed by atoms with van der Waals surface area (Å²) in [6.45, 7) is 0.0862. The number of rotatable bonds is 6. The number of hydrogen-bond acceptors (Lipinski definition) is 4. The Labute approximate surface area is 149 Å². The number of nitrogens with two attached hydrogens (primary N) is 1. The number of nitrogens with zero attached hydrogens (tertiary/aromatic N) is 3. The summed E-state index contributed by atoms with van der Waals surface area (Å²) >= 11 is 0. The molecule has 0 fully saturated rings. The number of benzene rings is 1. The van der Waals surface area contributed by atoms with Gasteiger partial charge in [0.05, 0.1) is 18.5 Å². The number of alkyl halides is 3. The number of aryl methyl sites for hydroxylation is 1. The standard InChI is InChI=1S/C16H13F3N4O4/c17-16(18,19)27-10-2-1-9-7-12(15(20)26)23(11(9)8-10)13-3-5-22(21-13)6-4-14(24)25/h1-3,5,7-8H,4,6H2,(H2,20,26)(H,24,25). The predicted molar refractivity (Wildman–Crippen MR) is 86.5 cm³/mol. The molecule has 11 heteroatoms. The van der Waals surface area contributed by atoms with Gasteiger partial charge in [0.1, 0.15) is 11.4 Å². The molecule has 0 radical (unpaired) electrons. The van der Waals surface area contributed by atoms with E-state index in [0.29, 0.717) is 5.39 Å². The number of carbonyl (C=O) groups excluding carboxylic acids is 1. The minimum absolute atomic E-state index is 0.0117. The van der Waals surface area contributed by atoms with Gasteiger partial charge in [0.2, 0.25) is 0 Å². The van der Waals surface area contributed by atoms with Gasteiger partial charge in [-0.05, 0) is 18.2 Å². The lowest BCUT2D eigenvalue weighted by Crippen LogP contribution is -2.17. The van der Waals surface area contributed by atoms with Crippen LogP contribution in [0.15, 0.2) is 36.5 Å². The highest BCUT2D eigenvalue weighted by molar-refractivity contribution is 5.99. The van der Waals surface area contributed by atoms with E-state index in [1.807, 2.05) is 0 Å². The molecule has 1 amide bonds. The van der Waals surface area contributed by atoms with Crippen LogP contribution < -0.4 is 10.5 Å². The third kappa shape index (κ3) is 4.02. The highest BCUT2D eigenvalue weighted by atomic mass is 19.4. The zero-order valence-corrected chi connectivity index (χ0v) is 13.6. The zero-order valence-electron chi connectivity index (χ0n) is 13.6. The lowest BCUT2D eigenvalue weighted by molar-refractivity contribution is -0.274. The number of aromatic nitrogens is 3. The fourth-order valence-electron chi connectivity index (χ4n) is 2.61. The maximum Gasteiger partial charge on any atom is 0.573 e. The highest BCUT2D eigenvalue weighted by Gasteiger charge is 2.31. The number of ether oxygens (including phenoxy) is 1. The Morgan fingerprint density at radius 1 is 1.22 bits per heavy atom. The summed E-state index contributed by atoms with van der Waals surface area (Å²) in [6, 6.07) is 6.51. The van der Waals surface area contributed by atoms with Gasteiger partial charge in [0.25, 0.3) is 5.91 Å². The maximum absolute atomic E-state index is 12.5. The summed E-state index contributed by atoms with van der Waals surface area (Å²) in [7, 11) is 0. The summed E-state index contributed by atoms with van der Waals surface area (Å²) in [5, 5.41) is 13.4. The van der Waals surface area contributed by atoms with E-state index in [9.17, 15) is 22.8 Å². The second kappa shape index (κ2) is 6.67. The topological polar surface area (TPSA) is 112 Å². The van der Waals surface area contributed by atoms with Crippen molar-refractivity contribution in [1.29, 1.82) is 0 Å². The number of fused-ring (bicyclic) bond motifs is 1. The first kappa shape index (κ1) is 18.3. The second-order valence-electron chi connectivity index (χ2n) is 5.58. The minimum atomic E-state index is -4.87. The molecule has 2 heterocycles. The van der Waals surface area contributed by atoms with Crippen LogP contribution in [-0.2, 0) is 11.3 Å². The Morgan fingerprint density at radius 3 is 2.59 bits per heavy atom. The average molecular weight is 382 g/mol. The summed E-state index contributed by atoms with van der Waals surface area (Å²) in [5.74, 6) is -2.07. The van der Waals surface area contributed by atoms with E-state index in [1.165, 1.54) is 33.6 Å². The van der Waals surface area contributed by atoms with E-state index in [1.54, 1.807) is 0 Å². The quantitative estimate of drug-likeness (QED) is 0.679. The Kier molecular flexibility index (Phi) is 4.52. The van der Waals surface area contributed by atoms with Crippen molar-refractivity contribution >= 4 is 22.8 Å². The summed E-state index contributed by atoms with van der Waals surface area (Å²) in [4.78, 5) is 22.4. The monoisotopic (exact) mass is 382 g/mol. The summed E-state index contributed by atoms with van der Waals surface area (Å²) in [5.41, 5.74) is 5.62. The second-order valence-corrected chi connectivity index (χ2v) is 5.58. The molecule has 0 aliphatic heterocycles. The largest absolute Gasteiger partial charge is 0.573 e. The van der Waals surface area contributed by atoms with Crippen LogP contribution in [0.1, 0.15) is 16.9 Å². The lowest BCUT2D eigenvalue weighted by atomic mass is 10.2. The van der Waals surface area contributed by atoms with Crippen LogP contribution in [0.2, 0.25) is 0 Å². The molecule has 27 heavy (non-hydrogen) atoms. The van der Waals surface area contributed by atoms with Gasteiger partial charge in [-0.2, -0.15) is 5.10 Å². The fourth-order valence-corrected chi connectivity index (χ4v) is 2.61. The Hall–Kier alpha value is -3.50. The van der Waals surface area contributed by atoms with Crippen molar-refractivity contribution in [3.8, 4) is 11.6 Å². The van der Waals surface area contributed by atoms with Gasteiger partial charge < -0.3 is 15.6 Å². The first-order valence-electron chi connectivity index (χ1n) is 7.61. The molecule has 3 aromatic rings. The molecule has 8 nitrogen and oxygen atoms in total. The van der Waals surface area contributed by atoms with Gasteiger partial charge in [-0.3, -0.25) is 18.8 Å². The van der Waals surface area contributed by atoms with Crippen molar-refractivity contribution in [2.45, 2.75) is 19.3 Å². The van der Waals surface area contributed by atoms with Crippen molar-refractivity contribution in [2.75, 3.05) is 0 Å². The van der Waals surface area contributed by atoms with Crippen LogP contribution in [-0.4, -0.2) is 37.7 Å². The van der Waals surface area contributed by atoms with Crippen LogP contribution in [0, 0.1) is 0 Å². The lowest BCUT2D eigenvalue weighted by Gasteiger charge is -2.10. The first-order chi connectivity index (χ1) is 12.6. The predicted octanol–water partition coefficient (Wildman–Crippen LogP) is 2.30. The smallest absolute Gasteiger partial charge is 0.481 e. The number of carbonyl (C=O) groups is 2. The number of amides is 1. The molecule has 0 unspecified atom stereocenters. The van der Waals surface area contributed by atoms with Crippen molar-refractivity contribution < 1.29 is 32.6 Å². The van der Waals surface area contributed by atoms with Crippen molar-refractivity contribution in [3.63, 3.8) is 0 Å². The van der Waals surface area contributed by atoms with Crippen LogP contribution in [0.4, 0.5) is 13.2 Å². The van der Waals surface area contributed by atoms with E-state index < -0.39 is 24.0 Å². The number of primary amides is 1. The minimum Gasteiger partial charge on any atom is -0.481 e. The SMILES string of the molecule is NC(=O)c1cc2ccc(OC(F)(F)F)cc2n1-c1ccn(CCC(=O)O)n1. The molecular weight excluding hydrogens is 369 g/mol. The normalized spacial score (nSPS) is 11.7.